The van der Waals surface area contributed by atoms with Gasteiger partial charge in [0.15, 0.2) is 18.2 Å². The fourth-order valence-electron chi connectivity index (χ4n) is 2.41. The Hall–Kier alpha value is -3.59. The first kappa shape index (κ1) is 19.2. The second-order valence-corrected chi connectivity index (χ2v) is 6.02. The Morgan fingerprint density at radius 3 is 2.57 bits per heavy atom. The van der Waals surface area contributed by atoms with Gasteiger partial charge in [0.05, 0.1) is 10.5 Å². The summed E-state index contributed by atoms with van der Waals surface area (Å²) in [5.41, 5.74) is -0.351. The SMILES string of the molecule is Cc1noc(COC(=O)c2ccccc2C(=O)c2ccc(Cl)c([N+](=O)[O-])c2)n1. The monoisotopic (exact) mass is 401 g/mol. The molecule has 0 bridgehead atoms. The minimum absolute atomic E-state index is 0.00124. The van der Waals surface area contributed by atoms with Crippen LogP contribution in [0.25, 0.3) is 0 Å². The van der Waals surface area contributed by atoms with Crippen molar-refractivity contribution < 1.29 is 23.8 Å². The Morgan fingerprint density at radius 1 is 1.21 bits per heavy atom. The summed E-state index contributed by atoms with van der Waals surface area (Å²) in [5.74, 6) is -0.849. The zero-order chi connectivity index (χ0) is 20.3. The molecule has 3 rings (SSSR count). The van der Waals surface area contributed by atoms with Crippen molar-refractivity contribution in [2.24, 2.45) is 0 Å². The predicted octanol–water partition coefficient (Wildman–Crippen LogP) is 3.53. The van der Waals surface area contributed by atoms with E-state index in [2.05, 4.69) is 10.1 Å². The normalized spacial score (nSPS) is 10.5. The van der Waals surface area contributed by atoms with Crippen molar-refractivity contribution in [1.82, 2.24) is 10.1 Å². The zero-order valence-corrected chi connectivity index (χ0v) is 15.2. The molecule has 3 aromatic rings. The summed E-state index contributed by atoms with van der Waals surface area (Å²) in [6.07, 6.45) is 0. The summed E-state index contributed by atoms with van der Waals surface area (Å²) in [6.45, 7) is 1.36. The van der Waals surface area contributed by atoms with Crippen molar-refractivity contribution >= 4 is 29.0 Å². The highest BCUT2D eigenvalue weighted by Gasteiger charge is 2.22. The molecule has 28 heavy (non-hydrogen) atoms. The Kier molecular flexibility index (Phi) is 5.46. The van der Waals surface area contributed by atoms with E-state index in [9.17, 15) is 19.7 Å². The number of hydrogen-bond acceptors (Lipinski definition) is 8. The van der Waals surface area contributed by atoms with E-state index < -0.39 is 22.4 Å². The van der Waals surface area contributed by atoms with Crippen LogP contribution in [0.15, 0.2) is 47.0 Å². The van der Waals surface area contributed by atoms with Crippen LogP contribution in [-0.4, -0.2) is 26.8 Å². The topological polar surface area (TPSA) is 125 Å². The number of rotatable bonds is 6. The van der Waals surface area contributed by atoms with E-state index in [-0.39, 0.29) is 34.2 Å². The number of aromatic nitrogens is 2. The van der Waals surface area contributed by atoms with E-state index in [4.69, 9.17) is 20.9 Å². The average Bonchev–Trinajstić information content (AvgIpc) is 3.11. The van der Waals surface area contributed by atoms with Crippen LogP contribution in [0, 0.1) is 17.0 Å². The van der Waals surface area contributed by atoms with Gasteiger partial charge in [-0.15, -0.1) is 0 Å². The van der Waals surface area contributed by atoms with Crippen LogP contribution in [0.5, 0.6) is 0 Å². The number of nitrogens with zero attached hydrogens (tertiary/aromatic N) is 3. The molecule has 0 amide bonds. The lowest BCUT2D eigenvalue weighted by atomic mass is 9.98. The van der Waals surface area contributed by atoms with Gasteiger partial charge in [-0.1, -0.05) is 35.0 Å². The van der Waals surface area contributed by atoms with Crippen LogP contribution in [0.4, 0.5) is 5.69 Å². The Labute approximate surface area is 163 Å². The fourth-order valence-corrected chi connectivity index (χ4v) is 2.60. The number of esters is 1. The molecule has 1 heterocycles. The largest absolute Gasteiger partial charge is 0.452 e. The third kappa shape index (κ3) is 4.04. The second-order valence-electron chi connectivity index (χ2n) is 5.61. The van der Waals surface area contributed by atoms with Crippen molar-refractivity contribution in [2.75, 3.05) is 0 Å². The highest BCUT2D eigenvalue weighted by molar-refractivity contribution is 6.33. The molecule has 0 aliphatic heterocycles. The quantitative estimate of drug-likeness (QED) is 0.266. The van der Waals surface area contributed by atoms with Gasteiger partial charge in [0.2, 0.25) is 0 Å². The number of nitro benzene ring substituents is 1. The minimum Gasteiger partial charge on any atom is -0.452 e. The molecule has 0 unspecified atom stereocenters. The van der Waals surface area contributed by atoms with Gasteiger partial charge in [0.1, 0.15) is 5.02 Å². The van der Waals surface area contributed by atoms with Gasteiger partial charge in [-0.2, -0.15) is 4.98 Å². The highest BCUT2D eigenvalue weighted by atomic mass is 35.5. The van der Waals surface area contributed by atoms with Crippen molar-refractivity contribution in [3.63, 3.8) is 0 Å². The maximum absolute atomic E-state index is 12.8. The number of halogens is 1. The molecule has 0 spiro atoms. The van der Waals surface area contributed by atoms with Crippen molar-refractivity contribution in [3.05, 3.63) is 86.0 Å². The third-order valence-corrected chi connectivity index (χ3v) is 4.01. The van der Waals surface area contributed by atoms with Gasteiger partial charge in [0.25, 0.3) is 11.6 Å². The molecule has 1 aromatic heterocycles. The number of aryl methyl sites for hydroxylation is 1. The first-order valence-electron chi connectivity index (χ1n) is 7.91. The van der Waals surface area contributed by atoms with Crippen LogP contribution < -0.4 is 0 Å². The van der Waals surface area contributed by atoms with E-state index in [1.54, 1.807) is 19.1 Å². The van der Waals surface area contributed by atoms with Crippen molar-refractivity contribution in [2.45, 2.75) is 13.5 Å². The zero-order valence-electron chi connectivity index (χ0n) is 14.4. The number of carbonyl (C=O) groups is 2. The van der Waals surface area contributed by atoms with Crippen molar-refractivity contribution in [1.29, 1.82) is 0 Å². The lowest BCUT2D eigenvalue weighted by molar-refractivity contribution is -0.384. The average molecular weight is 402 g/mol. The first-order valence-corrected chi connectivity index (χ1v) is 8.28. The molecule has 0 N–H and O–H groups in total. The van der Waals surface area contributed by atoms with Crippen molar-refractivity contribution in [3.8, 4) is 0 Å². The molecule has 142 valence electrons. The van der Waals surface area contributed by atoms with Gasteiger partial charge >= 0.3 is 5.97 Å². The maximum atomic E-state index is 12.8. The van der Waals surface area contributed by atoms with Crippen LogP contribution in [0.2, 0.25) is 5.02 Å². The summed E-state index contributed by atoms with van der Waals surface area (Å²) in [6, 6.07) is 9.64. The molecular weight excluding hydrogens is 390 g/mol. The maximum Gasteiger partial charge on any atom is 0.339 e. The minimum atomic E-state index is -0.775. The predicted molar refractivity (Wildman–Crippen MR) is 96.1 cm³/mol. The van der Waals surface area contributed by atoms with Crippen LogP contribution in [-0.2, 0) is 11.3 Å². The molecular formula is C18H12ClN3O6. The summed E-state index contributed by atoms with van der Waals surface area (Å²) in [5, 5.41) is 14.5. The van der Waals surface area contributed by atoms with Gasteiger partial charge in [0, 0.05) is 17.2 Å². The van der Waals surface area contributed by atoms with Crippen LogP contribution in [0.1, 0.15) is 38.0 Å². The molecule has 0 fully saturated rings. The summed E-state index contributed by atoms with van der Waals surface area (Å²) < 4.78 is 9.98. The number of benzene rings is 2. The van der Waals surface area contributed by atoms with Gasteiger partial charge in [-0.3, -0.25) is 14.9 Å². The van der Waals surface area contributed by atoms with Crippen LogP contribution >= 0.6 is 11.6 Å². The Balaban J connectivity index is 1.87. The molecule has 0 aliphatic carbocycles. The molecule has 0 aliphatic rings. The molecule has 0 saturated heterocycles. The molecule has 0 radical (unpaired) electrons. The van der Waals surface area contributed by atoms with E-state index in [1.807, 2.05) is 0 Å². The number of carbonyl (C=O) groups excluding carboxylic acids is 2. The van der Waals surface area contributed by atoms with Gasteiger partial charge in [-0.05, 0) is 25.1 Å². The summed E-state index contributed by atoms with van der Waals surface area (Å²) >= 11 is 5.78. The fraction of sp³-hybridized carbons (Fsp3) is 0.111. The van der Waals surface area contributed by atoms with E-state index in [1.165, 1.54) is 24.3 Å². The molecule has 2 aromatic carbocycles. The van der Waals surface area contributed by atoms with E-state index in [0.29, 0.717) is 5.82 Å². The van der Waals surface area contributed by atoms with E-state index >= 15 is 0 Å². The number of ketones is 1. The standard InChI is InChI=1S/C18H12ClN3O6/c1-10-20-16(28-21-10)9-27-18(24)13-5-3-2-4-12(13)17(23)11-6-7-14(19)15(8-11)22(25)26/h2-8H,9H2,1H3. The lowest BCUT2D eigenvalue weighted by Crippen LogP contribution is -2.13. The number of nitro groups is 1. The highest BCUT2D eigenvalue weighted by Crippen LogP contribution is 2.27. The smallest absolute Gasteiger partial charge is 0.339 e. The third-order valence-electron chi connectivity index (χ3n) is 3.69. The molecule has 9 nitrogen and oxygen atoms in total. The Bertz CT molecular complexity index is 1080. The van der Waals surface area contributed by atoms with Gasteiger partial charge in [-0.25, -0.2) is 4.79 Å². The molecule has 10 heteroatoms. The second kappa shape index (κ2) is 7.97. The molecule has 0 saturated carbocycles. The number of ether oxygens (including phenoxy) is 1. The first-order chi connectivity index (χ1) is 13.4. The lowest BCUT2D eigenvalue weighted by Gasteiger charge is -2.08. The molecule has 0 atom stereocenters. The van der Waals surface area contributed by atoms with Gasteiger partial charge < -0.3 is 9.26 Å². The summed E-state index contributed by atoms with van der Waals surface area (Å²) in [7, 11) is 0. The summed E-state index contributed by atoms with van der Waals surface area (Å²) in [4.78, 5) is 39.5. The van der Waals surface area contributed by atoms with E-state index in [0.717, 1.165) is 6.07 Å². The Morgan fingerprint density at radius 2 is 1.93 bits per heavy atom. The number of hydrogen-bond donors (Lipinski definition) is 0. The van der Waals surface area contributed by atoms with Crippen LogP contribution in [0.3, 0.4) is 0 Å².